The smallest absolute Gasteiger partial charge is 0.221 e. The van der Waals surface area contributed by atoms with Gasteiger partial charge in [-0.15, -0.1) is 0 Å². The molecule has 0 heterocycles. The van der Waals surface area contributed by atoms with Gasteiger partial charge in [-0.1, -0.05) is 25.1 Å². The molecule has 0 aliphatic heterocycles. The molecule has 0 radical (unpaired) electrons. The van der Waals surface area contributed by atoms with Gasteiger partial charge in [0.1, 0.15) is 5.75 Å². The van der Waals surface area contributed by atoms with Crippen molar-refractivity contribution in [3.8, 4) is 5.75 Å². The average molecular weight is 264 g/mol. The molecule has 19 heavy (non-hydrogen) atoms. The minimum Gasteiger partial charge on any atom is -0.507 e. The minimum atomic E-state index is 0.0651. The fourth-order valence-corrected chi connectivity index (χ4v) is 1.74. The summed E-state index contributed by atoms with van der Waals surface area (Å²) in [6.45, 7) is 7.10. The van der Waals surface area contributed by atoms with Gasteiger partial charge in [0.05, 0.1) is 0 Å². The number of hydrogen-bond donors (Lipinski definition) is 3. The number of aryl methyl sites for hydroxylation is 1. The second-order valence-electron chi connectivity index (χ2n) is 4.89. The van der Waals surface area contributed by atoms with E-state index < -0.39 is 0 Å². The first-order valence-electron chi connectivity index (χ1n) is 6.82. The SMILES string of the molecule is CCC(C)NC(=O)CCNCc1cccc(C)c1O. The summed E-state index contributed by atoms with van der Waals surface area (Å²) in [7, 11) is 0. The molecule has 106 valence electrons. The quantitative estimate of drug-likeness (QED) is 0.661. The summed E-state index contributed by atoms with van der Waals surface area (Å²) in [6, 6.07) is 5.91. The summed E-state index contributed by atoms with van der Waals surface area (Å²) >= 11 is 0. The van der Waals surface area contributed by atoms with Crippen LogP contribution in [0.15, 0.2) is 18.2 Å². The zero-order valence-electron chi connectivity index (χ0n) is 12.0. The molecule has 4 heteroatoms. The summed E-state index contributed by atoms with van der Waals surface area (Å²) in [4.78, 5) is 11.5. The molecule has 1 aromatic carbocycles. The summed E-state index contributed by atoms with van der Waals surface area (Å²) < 4.78 is 0. The van der Waals surface area contributed by atoms with Gasteiger partial charge in [0, 0.05) is 31.1 Å². The maximum Gasteiger partial charge on any atom is 0.221 e. The molecule has 0 fully saturated rings. The summed E-state index contributed by atoms with van der Waals surface area (Å²) in [5.74, 6) is 0.398. The van der Waals surface area contributed by atoms with Gasteiger partial charge in [0.15, 0.2) is 0 Å². The summed E-state index contributed by atoms with van der Waals surface area (Å²) in [5, 5.41) is 15.9. The minimum absolute atomic E-state index is 0.0651. The van der Waals surface area contributed by atoms with Crippen molar-refractivity contribution in [2.45, 2.75) is 46.2 Å². The van der Waals surface area contributed by atoms with Crippen LogP contribution >= 0.6 is 0 Å². The van der Waals surface area contributed by atoms with Gasteiger partial charge in [-0.2, -0.15) is 0 Å². The number of aromatic hydroxyl groups is 1. The Kier molecular flexibility index (Phi) is 6.36. The van der Waals surface area contributed by atoms with E-state index in [4.69, 9.17) is 0 Å². The topological polar surface area (TPSA) is 61.4 Å². The van der Waals surface area contributed by atoms with E-state index in [0.717, 1.165) is 17.5 Å². The van der Waals surface area contributed by atoms with Crippen LogP contribution in [0.25, 0.3) is 0 Å². The first-order valence-corrected chi connectivity index (χ1v) is 6.82. The molecule has 1 amide bonds. The van der Waals surface area contributed by atoms with Crippen LogP contribution in [0.5, 0.6) is 5.75 Å². The van der Waals surface area contributed by atoms with Crippen LogP contribution in [-0.2, 0) is 11.3 Å². The number of carbonyl (C=O) groups excluding carboxylic acids is 1. The first kappa shape index (κ1) is 15.5. The van der Waals surface area contributed by atoms with Crippen molar-refractivity contribution >= 4 is 5.91 Å². The third-order valence-corrected chi connectivity index (χ3v) is 3.19. The van der Waals surface area contributed by atoms with Crippen LogP contribution in [0.3, 0.4) is 0 Å². The Morgan fingerprint density at radius 2 is 2.16 bits per heavy atom. The molecule has 1 atom stereocenters. The highest BCUT2D eigenvalue weighted by atomic mass is 16.3. The molecule has 0 spiro atoms. The Morgan fingerprint density at radius 3 is 2.84 bits per heavy atom. The maximum atomic E-state index is 11.5. The molecule has 0 bridgehead atoms. The molecule has 0 aromatic heterocycles. The Morgan fingerprint density at radius 1 is 1.42 bits per heavy atom. The van der Waals surface area contributed by atoms with E-state index in [1.165, 1.54) is 0 Å². The van der Waals surface area contributed by atoms with E-state index in [0.29, 0.717) is 25.3 Å². The molecule has 1 rings (SSSR count). The lowest BCUT2D eigenvalue weighted by Gasteiger charge is -2.12. The van der Waals surface area contributed by atoms with Crippen molar-refractivity contribution in [1.29, 1.82) is 0 Å². The van der Waals surface area contributed by atoms with Crippen molar-refractivity contribution in [3.05, 3.63) is 29.3 Å². The van der Waals surface area contributed by atoms with Crippen molar-refractivity contribution in [3.63, 3.8) is 0 Å². The van der Waals surface area contributed by atoms with Gasteiger partial charge in [0.25, 0.3) is 0 Å². The van der Waals surface area contributed by atoms with Gasteiger partial charge in [-0.25, -0.2) is 0 Å². The van der Waals surface area contributed by atoms with E-state index in [9.17, 15) is 9.90 Å². The second-order valence-corrected chi connectivity index (χ2v) is 4.89. The van der Waals surface area contributed by atoms with Crippen LogP contribution in [0, 0.1) is 6.92 Å². The third-order valence-electron chi connectivity index (χ3n) is 3.19. The number of rotatable bonds is 7. The van der Waals surface area contributed by atoms with E-state index in [1.807, 2.05) is 39.0 Å². The molecule has 4 nitrogen and oxygen atoms in total. The lowest BCUT2D eigenvalue weighted by Crippen LogP contribution is -2.33. The van der Waals surface area contributed by atoms with E-state index in [-0.39, 0.29) is 11.9 Å². The van der Waals surface area contributed by atoms with Crippen LogP contribution in [0.2, 0.25) is 0 Å². The van der Waals surface area contributed by atoms with E-state index >= 15 is 0 Å². The lowest BCUT2D eigenvalue weighted by atomic mass is 10.1. The van der Waals surface area contributed by atoms with Crippen LogP contribution in [0.1, 0.15) is 37.8 Å². The van der Waals surface area contributed by atoms with Crippen molar-refractivity contribution in [1.82, 2.24) is 10.6 Å². The van der Waals surface area contributed by atoms with Crippen molar-refractivity contribution in [2.75, 3.05) is 6.54 Å². The number of phenols is 1. The average Bonchev–Trinajstić information content (AvgIpc) is 2.39. The largest absolute Gasteiger partial charge is 0.507 e. The highest BCUT2D eigenvalue weighted by Crippen LogP contribution is 2.20. The molecular weight excluding hydrogens is 240 g/mol. The second kappa shape index (κ2) is 7.79. The summed E-state index contributed by atoms with van der Waals surface area (Å²) in [6.07, 6.45) is 1.40. The number of phenolic OH excluding ortho intramolecular Hbond substituents is 1. The molecule has 3 N–H and O–H groups in total. The van der Waals surface area contributed by atoms with Gasteiger partial charge in [0.2, 0.25) is 5.91 Å². The number of nitrogens with one attached hydrogen (secondary N) is 2. The molecule has 0 saturated carbocycles. The third kappa shape index (κ3) is 5.30. The first-order chi connectivity index (χ1) is 9.04. The molecular formula is C15H24N2O2. The van der Waals surface area contributed by atoms with Gasteiger partial charge < -0.3 is 15.7 Å². The standard InChI is InChI=1S/C15H24N2O2/c1-4-12(3)17-14(18)8-9-16-10-13-7-5-6-11(2)15(13)19/h5-7,12,16,19H,4,8-10H2,1-3H3,(H,17,18). The molecule has 0 aliphatic rings. The monoisotopic (exact) mass is 264 g/mol. The molecule has 0 saturated heterocycles. The maximum absolute atomic E-state index is 11.5. The van der Waals surface area contributed by atoms with E-state index in [2.05, 4.69) is 10.6 Å². The van der Waals surface area contributed by atoms with Crippen LogP contribution < -0.4 is 10.6 Å². The van der Waals surface area contributed by atoms with Crippen molar-refractivity contribution in [2.24, 2.45) is 0 Å². The highest BCUT2D eigenvalue weighted by Gasteiger charge is 2.06. The zero-order chi connectivity index (χ0) is 14.3. The Hall–Kier alpha value is -1.55. The number of hydrogen-bond acceptors (Lipinski definition) is 3. The highest BCUT2D eigenvalue weighted by molar-refractivity contribution is 5.76. The predicted molar refractivity (Wildman–Crippen MR) is 77.1 cm³/mol. The Bertz CT molecular complexity index is 419. The molecule has 0 aliphatic carbocycles. The number of para-hydroxylation sites is 1. The normalized spacial score (nSPS) is 12.2. The Labute approximate surface area is 115 Å². The van der Waals surface area contributed by atoms with Gasteiger partial charge in [-0.05, 0) is 25.8 Å². The fourth-order valence-electron chi connectivity index (χ4n) is 1.74. The number of carbonyl (C=O) groups is 1. The van der Waals surface area contributed by atoms with Gasteiger partial charge in [-0.3, -0.25) is 4.79 Å². The van der Waals surface area contributed by atoms with Crippen molar-refractivity contribution < 1.29 is 9.90 Å². The summed E-state index contributed by atoms with van der Waals surface area (Å²) in [5.41, 5.74) is 1.73. The van der Waals surface area contributed by atoms with Crippen LogP contribution in [-0.4, -0.2) is 23.6 Å². The number of amides is 1. The van der Waals surface area contributed by atoms with E-state index in [1.54, 1.807) is 0 Å². The lowest BCUT2D eigenvalue weighted by molar-refractivity contribution is -0.121. The predicted octanol–water partition coefficient (Wildman–Crippen LogP) is 2.10. The Balaban J connectivity index is 2.27. The van der Waals surface area contributed by atoms with Crippen LogP contribution in [0.4, 0.5) is 0 Å². The molecule has 1 aromatic rings. The van der Waals surface area contributed by atoms with Gasteiger partial charge >= 0.3 is 0 Å². The molecule has 1 unspecified atom stereocenters. The fraction of sp³-hybridized carbons (Fsp3) is 0.533. The zero-order valence-corrected chi connectivity index (χ0v) is 12.0. The number of benzene rings is 1.